The van der Waals surface area contributed by atoms with Gasteiger partial charge in [0.25, 0.3) is 0 Å². The fraction of sp³-hybridized carbons (Fsp3) is 0.481. The Labute approximate surface area is 209 Å². The van der Waals surface area contributed by atoms with Crippen molar-refractivity contribution >= 4 is 27.5 Å². The van der Waals surface area contributed by atoms with Gasteiger partial charge in [0.15, 0.2) is 0 Å². The van der Waals surface area contributed by atoms with Gasteiger partial charge in [-0.15, -0.1) is 0 Å². The van der Waals surface area contributed by atoms with E-state index in [-0.39, 0.29) is 25.0 Å². The summed E-state index contributed by atoms with van der Waals surface area (Å²) < 4.78 is 26.7. The minimum Gasteiger partial charge on any atom is -0.352 e. The van der Waals surface area contributed by atoms with Crippen LogP contribution < -0.4 is 9.62 Å². The second-order valence-electron chi connectivity index (χ2n) is 9.41. The Balaban J connectivity index is 1.93. The van der Waals surface area contributed by atoms with Crippen molar-refractivity contribution in [3.63, 3.8) is 0 Å². The molecule has 3 rings (SSSR count). The Hall–Kier alpha value is -2.87. The van der Waals surface area contributed by atoms with Crippen molar-refractivity contribution in [2.45, 2.75) is 71.5 Å². The highest BCUT2D eigenvalue weighted by atomic mass is 32.2. The van der Waals surface area contributed by atoms with Crippen LogP contribution in [0.3, 0.4) is 0 Å². The number of hydrogen-bond acceptors (Lipinski definition) is 4. The zero-order valence-electron chi connectivity index (χ0n) is 21.2. The highest BCUT2D eigenvalue weighted by Gasteiger charge is 2.33. The number of nitrogens with one attached hydrogen (secondary N) is 1. The molecule has 2 aromatic carbocycles. The van der Waals surface area contributed by atoms with Crippen molar-refractivity contribution < 1.29 is 18.0 Å². The molecule has 35 heavy (non-hydrogen) atoms. The van der Waals surface area contributed by atoms with E-state index in [2.05, 4.69) is 5.32 Å². The Morgan fingerprint density at radius 2 is 1.69 bits per heavy atom. The van der Waals surface area contributed by atoms with E-state index in [1.807, 2.05) is 57.2 Å². The van der Waals surface area contributed by atoms with Crippen molar-refractivity contribution in [3.05, 3.63) is 65.2 Å². The van der Waals surface area contributed by atoms with Gasteiger partial charge in [0.2, 0.25) is 21.8 Å². The molecule has 1 N–H and O–H groups in total. The van der Waals surface area contributed by atoms with Crippen LogP contribution in [-0.2, 0) is 26.2 Å². The fourth-order valence-corrected chi connectivity index (χ4v) is 5.57. The molecular formula is C27H37N3O4S. The number of sulfonamides is 1. The fourth-order valence-electron chi connectivity index (χ4n) is 4.67. The van der Waals surface area contributed by atoms with E-state index < -0.39 is 22.0 Å². The van der Waals surface area contributed by atoms with Gasteiger partial charge in [0, 0.05) is 12.6 Å². The summed E-state index contributed by atoms with van der Waals surface area (Å²) in [6, 6.07) is 14.3. The van der Waals surface area contributed by atoms with Crippen LogP contribution in [0.2, 0.25) is 0 Å². The number of hydrogen-bond donors (Lipinski definition) is 1. The number of benzene rings is 2. The summed E-state index contributed by atoms with van der Waals surface area (Å²) in [5.74, 6) is -0.588. The molecule has 0 spiro atoms. The van der Waals surface area contributed by atoms with Gasteiger partial charge in [0.1, 0.15) is 12.6 Å². The van der Waals surface area contributed by atoms with Gasteiger partial charge in [-0.2, -0.15) is 0 Å². The van der Waals surface area contributed by atoms with Gasteiger partial charge in [-0.25, -0.2) is 8.42 Å². The predicted octanol–water partition coefficient (Wildman–Crippen LogP) is 3.94. The highest BCUT2D eigenvalue weighted by Crippen LogP contribution is 2.26. The predicted molar refractivity (Wildman–Crippen MR) is 140 cm³/mol. The summed E-state index contributed by atoms with van der Waals surface area (Å²) in [4.78, 5) is 28.6. The van der Waals surface area contributed by atoms with Crippen LogP contribution >= 0.6 is 0 Å². The van der Waals surface area contributed by atoms with Gasteiger partial charge in [-0.1, -0.05) is 62.2 Å². The largest absolute Gasteiger partial charge is 0.352 e. The zero-order valence-corrected chi connectivity index (χ0v) is 22.0. The van der Waals surface area contributed by atoms with E-state index in [1.54, 1.807) is 12.1 Å². The van der Waals surface area contributed by atoms with E-state index in [0.717, 1.165) is 52.9 Å². The molecule has 0 aromatic heterocycles. The van der Waals surface area contributed by atoms with Crippen LogP contribution in [0.5, 0.6) is 0 Å². The molecule has 0 bridgehead atoms. The molecule has 8 heteroatoms. The lowest BCUT2D eigenvalue weighted by atomic mass is 10.1. The van der Waals surface area contributed by atoms with Crippen molar-refractivity contribution in [2.75, 3.05) is 17.1 Å². The second kappa shape index (κ2) is 11.7. The van der Waals surface area contributed by atoms with Crippen LogP contribution in [0, 0.1) is 13.8 Å². The number of carbonyl (C=O) groups is 2. The van der Waals surface area contributed by atoms with Gasteiger partial charge in [-0.05, 0) is 55.9 Å². The van der Waals surface area contributed by atoms with Crippen molar-refractivity contribution in [2.24, 2.45) is 0 Å². The lowest BCUT2D eigenvalue weighted by Crippen LogP contribution is -2.53. The van der Waals surface area contributed by atoms with Crippen LogP contribution in [0.4, 0.5) is 5.69 Å². The molecule has 1 aliphatic carbocycles. The van der Waals surface area contributed by atoms with Crippen LogP contribution in [0.1, 0.15) is 55.7 Å². The third-order valence-electron chi connectivity index (χ3n) is 6.81. The smallest absolute Gasteiger partial charge is 0.244 e. The van der Waals surface area contributed by atoms with Crippen LogP contribution in [-0.4, -0.2) is 50.0 Å². The summed E-state index contributed by atoms with van der Waals surface area (Å²) in [7, 11) is -3.74. The Morgan fingerprint density at radius 3 is 2.29 bits per heavy atom. The average Bonchev–Trinajstić information content (AvgIpc) is 3.32. The number of anilines is 1. The first-order valence-electron chi connectivity index (χ1n) is 12.3. The van der Waals surface area contributed by atoms with E-state index in [1.165, 1.54) is 4.90 Å². The average molecular weight is 500 g/mol. The van der Waals surface area contributed by atoms with E-state index >= 15 is 0 Å². The quantitative estimate of drug-likeness (QED) is 0.537. The topological polar surface area (TPSA) is 86.8 Å². The number of carbonyl (C=O) groups excluding carboxylic acids is 2. The highest BCUT2D eigenvalue weighted by molar-refractivity contribution is 7.92. The van der Waals surface area contributed by atoms with Gasteiger partial charge < -0.3 is 10.2 Å². The molecule has 0 radical (unpaired) electrons. The second-order valence-corrected chi connectivity index (χ2v) is 11.3. The third-order valence-corrected chi connectivity index (χ3v) is 7.93. The maximum absolute atomic E-state index is 13.8. The third kappa shape index (κ3) is 6.84. The summed E-state index contributed by atoms with van der Waals surface area (Å²) >= 11 is 0. The molecule has 1 atom stereocenters. The Morgan fingerprint density at radius 1 is 1.03 bits per heavy atom. The molecule has 1 fully saturated rings. The maximum atomic E-state index is 13.8. The molecule has 0 unspecified atom stereocenters. The number of nitrogens with zero attached hydrogens (tertiary/aromatic N) is 2. The normalized spacial score (nSPS) is 15.0. The van der Waals surface area contributed by atoms with Crippen molar-refractivity contribution in [1.82, 2.24) is 10.2 Å². The summed E-state index contributed by atoms with van der Waals surface area (Å²) in [6.45, 7) is 5.48. The minimum absolute atomic E-state index is 0.132. The first kappa shape index (κ1) is 26.7. The van der Waals surface area contributed by atoms with Crippen LogP contribution in [0.15, 0.2) is 48.5 Å². The molecule has 0 aliphatic heterocycles. The molecule has 0 heterocycles. The SMILES string of the molecule is CC[C@@H](C(=O)NC1CCCC1)N(Cc1ccccc1)C(=O)CN(c1cccc(C)c1C)S(C)(=O)=O. The van der Waals surface area contributed by atoms with Crippen molar-refractivity contribution in [1.29, 1.82) is 0 Å². The Kier molecular flexibility index (Phi) is 8.94. The lowest BCUT2D eigenvalue weighted by Gasteiger charge is -2.33. The molecule has 2 amide bonds. The zero-order chi connectivity index (χ0) is 25.6. The first-order valence-corrected chi connectivity index (χ1v) is 14.1. The Bertz CT molecular complexity index is 1130. The van der Waals surface area contributed by atoms with Gasteiger partial charge in [0.05, 0.1) is 11.9 Å². The molecular weight excluding hydrogens is 462 g/mol. The summed E-state index contributed by atoms with van der Waals surface area (Å²) in [5, 5.41) is 3.12. The van der Waals surface area contributed by atoms with Crippen LogP contribution in [0.25, 0.3) is 0 Å². The number of amides is 2. The molecule has 190 valence electrons. The van der Waals surface area contributed by atoms with E-state index in [4.69, 9.17) is 0 Å². The van der Waals surface area contributed by atoms with Gasteiger partial charge >= 0.3 is 0 Å². The first-order chi connectivity index (χ1) is 16.6. The maximum Gasteiger partial charge on any atom is 0.244 e. The van der Waals surface area contributed by atoms with E-state index in [9.17, 15) is 18.0 Å². The molecule has 1 saturated carbocycles. The molecule has 7 nitrogen and oxygen atoms in total. The standard InChI is InChI=1S/C27H37N3O4S/c1-5-24(27(32)28-23-15-9-10-16-23)29(18-22-13-7-6-8-14-22)26(31)19-30(35(4,33)34)25-17-11-12-20(2)21(25)3/h6-8,11-14,17,23-24H,5,9-10,15-16,18-19H2,1-4H3,(H,28,32)/t24-/m0/s1. The van der Waals surface area contributed by atoms with Crippen molar-refractivity contribution in [3.8, 4) is 0 Å². The number of aryl methyl sites for hydroxylation is 1. The lowest BCUT2D eigenvalue weighted by molar-refractivity contribution is -0.140. The van der Waals surface area contributed by atoms with E-state index in [0.29, 0.717) is 12.1 Å². The monoisotopic (exact) mass is 499 g/mol. The minimum atomic E-state index is -3.74. The molecule has 1 aliphatic rings. The molecule has 2 aromatic rings. The summed E-state index contributed by atoms with van der Waals surface area (Å²) in [5.41, 5.74) is 3.09. The molecule has 0 saturated heterocycles. The number of rotatable bonds is 10. The van der Waals surface area contributed by atoms with Gasteiger partial charge in [-0.3, -0.25) is 13.9 Å². The summed E-state index contributed by atoms with van der Waals surface area (Å²) in [6.07, 6.45) is 5.61.